The molecule has 0 radical (unpaired) electrons. The Kier molecular flexibility index (Phi) is 3.60. The Morgan fingerprint density at radius 3 is 2.90 bits per heavy atom. The van der Waals surface area contributed by atoms with E-state index in [1.807, 2.05) is 42.5 Å². The van der Waals surface area contributed by atoms with Gasteiger partial charge in [-0.3, -0.25) is 4.98 Å². The Bertz CT molecular complexity index is 720. The van der Waals surface area contributed by atoms with Gasteiger partial charge in [0.25, 0.3) is 0 Å². The molecule has 1 aromatic carbocycles. The maximum absolute atomic E-state index is 5.28. The first-order chi connectivity index (χ1) is 9.83. The molecule has 3 rings (SSSR count). The average molecular weight is 283 g/mol. The van der Waals surface area contributed by atoms with E-state index < -0.39 is 0 Å². The molecule has 0 saturated carbocycles. The van der Waals surface area contributed by atoms with Crippen LogP contribution in [0.5, 0.6) is 0 Å². The Labute approximate surface area is 121 Å². The Morgan fingerprint density at radius 2 is 2.05 bits per heavy atom. The highest BCUT2D eigenvalue weighted by molar-refractivity contribution is 7.80. The molecule has 0 bridgehead atoms. The number of benzene rings is 1. The molecule has 100 valence electrons. The van der Waals surface area contributed by atoms with Crippen LogP contribution in [-0.4, -0.2) is 10.1 Å². The van der Waals surface area contributed by atoms with E-state index in [2.05, 4.69) is 15.6 Å². The number of thiocarbonyl (C=S) groups is 1. The molecule has 0 atom stereocenters. The van der Waals surface area contributed by atoms with Gasteiger partial charge in [-0.25, -0.2) is 0 Å². The number of hydrogen-bond acceptors (Lipinski definition) is 3. The second-order valence-corrected chi connectivity index (χ2v) is 4.68. The molecule has 2 aromatic heterocycles. The van der Waals surface area contributed by atoms with Crippen molar-refractivity contribution in [2.24, 2.45) is 0 Å². The predicted octanol–water partition coefficient (Wildman–Crippen LogP) is 3.31. The molecule has 2 heterocycles. The highest BCUT2D eigenvalue weighted by Gasteiger charge is 2.04. The number of pyridine rings is 1. The lowest BCUT2D eigenvalue weighted by Gasteiger charge is -2.11. The molecule has 20 heavy (non-hydrogen) atoms. The van der Waals surface area contributed by atoms with Crippen molar-refractivity contribution in [1.82, 2.24) is 10.3 Å². The molecule has 0 unspecified atom stereocenters. The molecule has 0 fully saturated rings. The summed E-state index contributed by atoms with van der Waals surface area (Å²) in [5, 5.41) is 7.88. The summed E-state index contributed by atoms with van der Waals surface area (Å²) >= 11 is 5.28. The minimum Gasteiger partial charge on any atom is -0.467 e. The number of hydrogen-bond donors (Lipinski definition) is 2. The number of furan rings is 1. The quantitative estimate of drug-likeness (QED) is 0.722. The Hall–Kier alpha value is -2.40. The number of rotatable bonds is 3. The lowest BCUT2D eigenvalue weighted by molar-refractivity contribution is 0.503. The summed E-state index contributed by atoms with van der Waals surface area (Å²) in [4.78, 5) is 4.38. The van der Waals surface area contributed by atoms with Crippen LogP contribution >= 0.6 is 12.2 Å². The molecule has 3 aromatic rings. The third kappa shape index (κ3) is 2.78. The largest absolute Gasteiger partial charge is 0.467 e. The minimum absolute atomic E-state index is 0.541. The van der Waals surface area contributed by atoms with E-state index in [0.717, 1.165) is 22.4 Å². The highest BCUT2D eigenvalue weighted by atomic mass is 32.1. The Balaban J connectivity index is 1.71. The van der Waals surface area contributed by atoms with Gasteiger partial charge >= 0.3 is 0 Å². The topological polar surface area (TPSA) is 50.1 Å². The van der Waals surface area contributed by atoms with E-state index in [1.54, 1.807) is 12.5 Å². The number of nitrogens with zero attached hydrogens (tertiary/aromatic N) is 1. The van der Waals surface area contributed by atoms with E-state index in [9.17, 15) is 0 Å². The maximum Gasteiger partial charge on any atom is 0.171 e. The predicted molar refractivity (Wildman–Crippen MR) is 83.5 cm³/mol. The standard InChI is InChI=1S/C15H13N3OS/c20-15(17-10-12-6-3-9-19-12)18-13-7-1-4-11-5-2-8-16-14(11)13/h1-9H,10H2,(H2,17,18,20). The van der Waals surface area contributed by atoms with Crippen molar-refractivity contribution in [3.63, 3.8) is 0 Å². The van der Waals surface area contributed by atoms with Gasteiger partial charge in [-0.1, -0.05) is 18.2 Å². The van der Waals surface area contributed by atoms with Crippen molar-refractivity contribution in [3.8, 4) is 0 Å². The van der Waals surface area contributed by atoms with Crippen LogP contribution < -0.4 is 10.6 Å². The van der Waals surface area contributed by atoms with E-state index in [4.69, 9.17) is 16.6 Å². The fourth-order valence-electron chi connectivity index (χ4n) is 1.95. The number of fused-ring (bicyclic) bond motifs is 1. The van der Waals surface area contributed by atoms with Gasteiger partial charge in [-0.05, 0) is 36.5 Å². The lowest BCUT2D eigenvalue weighted by Crippen LogP contribution is -2.27. The van der Waals surface area contributed by atoms with Crippen LogP contribution in [0.2, 0.25) is 0 Å². The van der Waals surface area contributed by atoms with Crippen molar-refractivity contribution in [2.45, 2.75) is 6.54 Å². The van der Waals surface area contributed by atoms with Crippen molar-refractivity contribution in [2.75, 3.05) is 5.32 Å². The molecule has 2 N–H and O–H groups in total. The van der Waals surface area contributed by atoms with Crippen LogP contribution in [0.3, 0.4) is 0 Å². The Morgan fingerprint density at radius 1 is 1.15 bits per heavy atom. The highest BCUT2D eigenvalue weighted by Crippen LogP contribution is 2.20. The third-order valence-electron chi connectivity index (χ3n) is 2.88. The molecule has 0 aliphatic carbocycles. The monoisotopic (exact) mass is 283 g/mol. The van der Waals surface area contributed by atoms with Gasteiger partial charge in [-0.15, -0.1) is 0 Å². The first-order valence-corrected chi connectivity index (χ1v) is 6.65. The zero-order chi connectivity index (χ0) is 13.8. The fraction of sp³-hybridized carbons (Fsp3) is 0.0667. The summed E-state index contributed by atoms with van der Waals surface area (Å²) in [5.74, 6) is 0.838. The summed E-state index contributed by atoms with van der Waals surface area (Å²) in [6, 6.07) is 13.6. The molecule has 0 amide bonds. The zero-order valence-corrected chi connectivity index (χ0v) is 11.5. The van der Waals surface area contributed by atoms with Crippen molar-refractivity contribution < 1.29 is 4.42 Å². The number of nitrogens with one attached hydrogen (secondary N) is 2. The SMILES string of the molecule is S=C(NCc1ccco1)Nc1cccc2cccnc12. The van der Waals surface area contributed by atoms with Gasteiger partial charge in [0, 0.05) is 11.6 Å². The van der Waals surface area contributed by atoms with Gasteiger partial charge < -0.3 is 15.1 Å². The van der Waals surface area contributed by atoms with Crippen LogP contribution in [0.15, 0.2) is 59.3 Å². The van der Waals surface area contributed by atoms with E-state index >= 15 is 0 Å². The second kappa shape index (κ2) is 5.71. The van der Waals surface area contributed by atoms with Crippen molar-refractivity contribution in [1.29, 1.82) is 0 Å². The summed E-state index contributed by atoms with van der Waals surface area (Å²) in [6.45, 7) is 0.553. The molecular formula is C15H13N3OS. The van der Waals surface area contributed by atoms with Crippen molar-refractivity contribution >= 4 is 33.9 Å². The summed E-state index contributed by atoms with van der Waals surface area (Å²) in [7, 11) is 0. The summed E-state index contributed by atoms with van der Waals surface area (Å²) in [6.07, 6.45) is 3.41. The molecule has 0 aliphatic rings. The number of anilines is 1. The van der Waals surface area contributed by atoms with E-state index in [1.165, 1.54) is 0 Å². The van der Waals surface area contributed by atoms with Crippen LogP contribution in [0, 0.1) is 0 Å². The van der Waals surface area contributed by atoms with Gasteiger partial charge in [0.15, 0.2) is 5.11 Å². The van der Waals surface area contributed by atoms with E-state index in [-0.39, 0.29) is 0 Å². The van der Waals surface area contributed by atoms with Gasteiger partial charge in [-0.2, -0.15) is 0 Å². The number of aromatic nitrogens is 1. The van der Waals surface area contributed by atoms with Gasteiger partial charge in [0.1, 0.15) is 5.76 Å². The van der Waals surface area contributed by atoms with Gasteiger partial charge in [0.05, 0.1) is 24.0 Å². The average Bonchev–Trinajstić information content (AvgIpc) is 2.99. The van der Waals surface area contributed by atoms with Crippen LogP contribution in [0.1, 0.15) is 5.76 Å². The molecule has 4 nitrogen and oxygen atoms in total. The molecule has 0 aliphatic heterocycles. The number of para-hydroxylation sites is 1. The van der Waals surface area contributed by atoms with Gasteiger partial charge in [0.2, 0.25) is 0 Å². The molecule has 0 saturated heterocycles. The summed E-state index contributed by atoms with van der Waals surface area (Å²) in [5.41, 5.74) is 1.79. The smallest absolute Gasteiger partial charge is 0.171 e. The van der Waals surface area contributed by atoms with Crippen LogP contribution in [0.25, 0.3) is 10.9 Å². The molecule has 5 heteroatoms. The summed E-state index contributed by atoms with van der Waals surface area (Å²) < 4.78 is 5.24. The first kappa shape index (κ1) is 12.6. The van der Waals surface area contributed by atoms with E-state index in [0.29, 0.717) is 11.7 Å². The zero-order valence-electron chi connectivity index (χ0n) is 10.7. The fourth-order valence-corrected chi connectivity index (χ4v) is 2.13. The maximum atomic E-state index is 5.28. The van der Waals surface area contributed by atoms with Crippen molar-refractivity contribution in [3.05, 3.63) is 60.7 Å². The van der Waals surface area contributed by atoms with Crippen LogP contribution in [-0.2, 0) is 6.54 Å². The first-order valence-electron chi connectivity index (χ1n) is 6.24. The third-order valence-corrected chi connectivity index (χ3v) is 3.13. The second-order valence-electron chi connectivity index (χ2n) is 4.27. The molecular weight excluding hydrogens is 270 g/mol. The normalized spacial score (nSPS) is 10.4. The molecule has 0 spiro atoms. The van der Waals surface area contributed by atoms with Crippen LogP contribution in [0.4, 0.5) is 5.69 Å². The lowest BCUT2D eigenvalue weighted by atomic mass is 10.2. The minimum atomic E-state index is 0.541.